The average Bonchev–Trinajstić information content (AvgIpc) is 2.64. The van der Waals surface area contributed by atoms with Crippen molar-refractivity contribution in [2.24, 2.45) is 5.73 Å². The highest BCUT2D eigenvalue weighted by atomic mass is 35.5. The smallest absolute Gasteiger partial charge is 0.431 e. The van der Waals surface area contributed by atoms with Gasteiger partial charge < -0.3 is 15.6 Å². The van der Waals surface area contributed by atoms with Gasteiger partial charge in [0.05, 0.1) is 6.61 Å². The van der Waals surface area contributed by atoms with Crippen LogP contribution in [0.2, 0.25) is 0 Å². The van der Waals surface area contributed by atoms with Crippen LogP contribution in [0.4, 0.5) is 4.79 Å². The molecule has 0 aromatic heterocycles. The zero-order valence-electron chi connectivity index (χ0n) is 14.3. The molecule has 1 heterocycles. The number of benzene rings is 2. The van der Waals surface area contributed by atoms with Crippen molar-refractivity contribution in [3.8, 4) is 5.75 Å². The third kappa shape index (κ3) is 4.46. The summed E-state index contributed by atoms with van der Waals surface area (Å²) in [5, 5.41) is 10.6. The number of halogens is 1. The number of ether oxygens (including phenoxy) is 1. The zero-order valence-corrected chi connectivity index (χ0v) is 15.1. The minimum atomic E-state index is -1.14. The van der Waals surface area contributed by atoms with Gasteiger partial charge in [0.25, 0.3) is 0 Å². The Morgan fingerprint density at radius 3 is 2.58 bits per heavy atom. The first-order valence-electron chi connectivity index (χ1n) is 8.31. The molecule has 0 aliphatic carbocycles. The molecule has 0 saturated heterocycles. The lowest BCUT2D eigenvalue weighted by Gasteiger charge is -2.38. The van der Waals surface area contributed by atoms with Crippen molar-refractivity contribution < 1.29 is 19.5 Å². The van der Waals surface area contributed by atoms with Crippen LogP contribution >= 0.6 is 12.4 Å². The fourth-order valence-corrected chi connectivity index (χ4v) is 3.21. The summed E-state index contributed by atoms with van der Waals surface area (Å²) in [6.07, 6.45) is -0.443. The molecule has 26 heavy (non-hydrogen) atoms. The maximum atomic E-state index is 11.7. The van der Waals surface area contributed by atoms with E-state index in [2.05, 4.69) is 0 Å². The highest BCUT2D eigenvalue weighted by molar-refractivity contribution is 5.85. The number of para-hydroxylation sites is 1. The van der Waals surface area contributed by atoms with E-state index in [1.165, 1.54) is 0 Å². The number of hydrogen-bond donors (Lipinski definition) is 2. The van der Waals surface area contributed by atoms with E-state index in [1.54, 1.807) is 0 Å². The Labute approximate surface area is 158 Å². The Hall–Kier alpha value is -2.28. The van der Waals surface area contributed by atoms with E-state index in [0.717, 1.165) is 21.9 Å². The number of carboxylic acid groups (broad SMARTS) is 1. The summed E-state index contributed by atoms with van der Waals surface area (Å²) in [5.74, 6) is 0.727. The number of hydroxylamine groups is 2. The van der Waals surface area contributed by atoms with Crippen LogP contribution in [0.25, 0.3) is 0 Å². The van der Waals surface area contributed by atoms with Crippen LogP contribution in [0.1, 0.15) is 17.0 Å². The molecular weight excluding hydrogens is 356 g/mol. The van der Waals surface area contributed by atoms with Gasteiger partial charge in [0.1, 0.15) is 18.4 Å². The van der Waals surface area contributed by atoms with Crippen molar-refractivity contribution in [1.29, 1.82) is 0 Å². The van der Waals surface area contributed by atoms with Gasteiger partial charge in [-0.3, -0.25) is 4.84 Å². The lowest BCUT2D eigenvalue weighted by Crippen LogP contribution is -2.49. The molecule has 1 aliphatic rings. The summed E-state index contributed by atoms with van der Waals surface area (Å²) < 4.78 is 5.80. The molecule has 0 fully saturated rings. The van der Waals surface area contributed by atoms with Crippen LogP contribution in [0.5, 0.6) is 5.75 Å². The molecular formula is C19H23ClN2O4. The van der Waals surface area contributed by atoms with Crippen molar-refractivity contribution >= 4 is 18.5 Å². The van der Waals surface area contributed by atoms with Crippen molar-refractivity contribution in [2.45, 2.75) is 18.4 Å². The Morgan fingerprint density at radius 2 is 1.88 bits per heavy atom. The minimum Gasteiger partial charge on any atom is -0.491 e. The van der Waals surface area contributed by atoms with Gasteiger partial charge >= 0.3 is 6.09 Å². The summed E-state index contributed by atoms with van der Waals surface area (Å²) in [5.41, 5.74) is 7.59. The number of amides is 1. The summed E-state index contributed by atoms with van der Waals surface area (Å²) in [6, 6.07) is 17.3. The van der Waals surface area contributed by atoms with Crippen molar-refractivity contribution in [3.05, 3.63) is 65.7 Å². The van der Waals surface area contributed by atoms with Crippen LogP contribution in [-0.4, -0.2) is 42.1 Å². The Morgan fingerprint density at radius 1 is 1.19 bits per heavy atom. The predicted molar refractivity (Wildman–Crippen MR) is 101 cm³/mol. The maximum absolute atomic E-state index is 11.7. The maximum Gasteiger partial charge on any atom is 0.431 e. The quantitative estimate of drug-likeness (QED) is 0.754. The number of rotatable bonds is 6. The summed E-state index contributed by atoms with van der Waals surface area (Å²) in [4.78, 5) is 17.1. The van der Waals surface area contributed by atoms with Gasteiger partial charge in [-0.25, -0.2) is 4.79 Å². The topological polar surface area (TPSA) is 85.0 Å². The van der Waals surface area contributed by atoms with Crippen molar-refractivity contribution in [3.63, 3.8) is 0 Å². The molecule has 0 spiro atoms. The molecule has 3 N–H and O–H groups in total. The normalized spacial score (nSPS) is 18.2. The van der Waals surface area contributed by atoms with Gasteiger partial charge in [-0.2, -0.15) is 5.06 Å². The molecule has 2 atom stereocenters. The third-order valence-electron chi connectivity index (χ3n) is 4.33. The number of carbonyl (C=O) groups is 1. The highest BCUT2D eigenvalue weighted by Crippen LogP contribution is 2.38. The molecule has 2 aromatic carbocycles. The molecule has 0 radical (unpaired) electrons. The highest BCUT2D eigenvalue weighted by Gasteiger charge is 2.38. The van der Waals surface area contributed by atoms with E-state index in [-0.39, 0.29) is 38.1 Å². The molecule has 140 valence electrons. The van der Waals surface area contributed by atoms with Gasteiger partial charge in [-0.15, -0.1) is 12.4 Å². The molecule has 7 heteroatoms. The summed E-state index contributed by atoms with van der Waals surface area (Å²) >= 11 is 0. The fourth-order valence-electron chi connectivity index (χ4n) is 3.21. The summed E-state index contributed by atoms with van der Waals surface area (Å²) in [7, 11) is 0. The largest absolute Gasteiger partial charge is 0.491 e. The first kappa shape index (κ1) is 20.0. The Bertz CT molecular complexity index is 714. The van der Waals surface area contributed by atoms with E-state index < -0.39 is 12.1 Å². The van der Waals surface area contributed by atoms with Crippen molar-refractivity contribution in [2.75, 3.05) is 19.8 Å². The third-order valence-corrected chi connectivity index (χ3v) is 4.33. The second kappa shape index (κ2) is 9.43. The van der Waals surface area contributed by atoms with Crippen LogP contribution < -0.4 is 10.5 Å². The van der Waals surface area contributed by atoms with E-state index >= 15 is 0 Å². The standard InChI is InChI=1S/C19H22N2O4.ClH/c20-10-11-25-21(19(22)23)17-13-24-18-9-5-4-8-15(18)16(17)12-14-6-2-1-3-7-14;/h1-9,16-17H,10-13,20H2,(H,22,23);1H. The van der Waals surface area contributed by atoms with Crippen LogP contribution in [0, 0.1) is 0 Å². The monoisotopic (exact) mass is 378 g/mol. The lowest BCUT2D eigenvalue weighted by molar-refractivity contribution is -0.167. The second-order valence-corrected chi connectivity index (χ2v) is 5.94. The van der Waals surface area contributed by atoms with Gasteiger partial charge in [-0.05, 0) is 23.6 Å². The number of fused-ring (bicyclic) bond motifs is 1. The molecule has 1 aliphatic heterocycles. The number of hydrogen-bond acceptors (Lipinski definition) is 4. The van der Waals surface area contributed by atoms with Crippen LogP contribution in [0.3, 0.4) is 0 Å². The van der Waals surface area contributed by atoms with Gasteiger partial charge in [0.2, 0.25) is 0 Å². The fraction of sp³-hybridized carbons (Fsp3) is 0.316. The van der Waals surface area contributed by atoms with E-state index in [1.807, 2.05) is 54.6 Å². The molecule has 1 amide bonds. The van der Waals surface area contributed by atoms with Crippen LogP contribution in [0.15, 0.2) is 54.6 Å². The first-order valence-corrected chi connectivity index (χ1v) is 8.31. The van der Waals surface area contributed by atoms with Gasteiger partial charge in [0.15, 0.2) is 0 Å². The minimum absolute atomic E-state index is 0. The lowest BCUT2D eigenvalue weighted by atomic mass is 9.84. The summed E-state index contributed by atoms with van der Waals surface area (Å²) in [6.45, 7) is 0.630. The van der Waals surface area contributed by atoms with E-state index in [0.29, 0.717) is 6.42 Å². The Kier molecular flexibility index (Phi) is 7.26. The number of nitrogens with two attached hydrogens (primary N) is 1. The van der Waals surface area contributed by atoms with Crippen molar-refractivity contribution in [1.82, 2.24) is 5.06 Å². The second-order valence-electron chi connectivity index (χ2n) is 5.94. The average molecular weight is 379 g/mol. The van der Waals surface area contributed by atoms with Gasteiger partial charge in [0, 0.05) is 12.5 Å². The molecule has 2 aromatic rings. The molecule has 0 bridgehead atoms. The molecule has 3 rings (SSSR count). The predicted octanol–water partition coefficient (Wildman–Crippen LogP) is 3.07. The molecule has 0 saturated carbocycles. The first-order chi connectivity index (χ1) is 12.2. The molecule has 6 nitrogen and oxygen atoms in total. The zero-order chi connectivity index (χ0) is 17.6. The van der Waals surface area contributed by atoms with Gasteiger partial charge in [-0.1, -0.05) is 48.5 Å². The molecule has 2 unspecified atom stereocenters. The van der Waals surface area contributed by atoms with E-state index in [9.17, 15) is 9.90 Å². The SMILES string of the molecule is Cl.NCCON(C(=O)O)C1COc2ccccc2C1Cc1ccccc1. The Balaban J connectivity index is 0.00000243. The van der Waals surface area contributed by atoms with E-state index in [4.69, 9.17) is 15.3 Å². The number of nitrogens with zero attached hydrogens (tertiary/aromatic N) is 1. The van der Waals surface area contributed by atoms with Crippen LogP contribution in [-0.2, 0) is 11.3 Å².